The maximum atomic E-state index is 12.5. The van der Waals surface area contributed by atoms with Gasteiger partial charge in [-0.1, -0.05) is 54.1 Å². The fourth-order valence-corrected chi connectivity index (χ4v) is 3.89. The number of anilines is 1. The van der Waals surface area contributed by atoms with Crippen LogP contribution in [0.1, 0.15) is 11.1 Å². The average Bonchev–Trinajstić information content (AvgIpc) is 3.30. The van der Waals surface area contributed by atoms with Gasteiger partial charge in [-0.15, -0.1) is 0 Å². The summed E-state index contributed by atoms with van der Waals surface area (Å²) in [5, 5.41) is 16.4. The summed E-state index contributed by atoms with van der Waals surface area (Å²) in [4.78, 5) is 27.8. The maximum absolute atomic E-state index is 12.5. The molecular formula is C28H23ClN4O3. The number of rotatable bonds is 9. The van der Waals surface area contributed by atoms with E-state index in [2.05, 4.69) is 15.6 Å². The number of halogens is 1. The van der Waals surface area contributed by atoms with Crippen molar-refractivity contribution in [1.82, 2.24) is 10.3 Å². The minimum absolute atomic E-state index is 0.0408. The van der Waals surface area contributed by atoms with Crippen molar-refractivity contribution in [3.05, 3.63) is 101 Å². The molecule has 0 atom stereocenters. The third-order valence-electron chi connectivity index (χ3n) is 5.40. The Morgan fingerprint density at radius 1 is 1.06 bits per heavy atom. The van der Waals surface area contributed by atoms with Gasteiger partial charge in [0.05, 0.1) is 5.02 Å². The lowest BCUT2D eigenvalue weighted by Crippen LogP contribution is -2.26. The molecule has 0 radical (unpaired) electrons. The quantitative estimate of drug-likeness (QED) is 0.220. The molecule has 1 aromatic heterocycles. The van der Waals surface area contributed by atoms with Crippen LogP contribution in [-0.4, -0.2) is 29.9 Å². The third kappa shape index (κ3) is 6.32. The summed E-state index contributed by atoms with van der Waals surface area (Å²) in [5.41, 5.74) is 3.32. The van der Waals surface area contributed by atoms with E-state index < -0.39 is 5.91 Å². The van der Waals surface area contributed by atoms with Crippen molar-refractivity contribution in [1.29, 1.82) is 5.26 Å². The molecule has 4 rings (SSSR count). The molecule has 0 aliphatic heterocycles. The van der Waals surface area contributed by atoms with Gasteiger partial charge in [0, 0.05) is 29.3 Å². The Morgan fingerprint density at radius 2 is 1.83 bits per heavy atom. The molecule has 0 fully saturated rings. The molecule has 4 aromatic rings. The van der Waals surface area contributed by atoms with E-state index in [9.17, 15) is 14.9 Å². The molecule has 8 heteroatoms. The molecule has 0 spiro atoms. The van der Waals surface area contributed by atoms with Gasteiger partial charge in [-0.05, 0) is 54.0 Å². The van der Waals surface area contributed by atoms with E-state index in [0.29, 0.717) is 30.0 Å². The summed E-state index contributed by atoms with van der Waals surface area (Å²) in [5.74, 6) is -0.470. The van der Waals surface area contributed by atoms with Gasteiger partial charge in [0.25, 0.3) is 11.8 Å². The van der Waals surface area contributed by atoms with Crippen molar-refractivity contribution in [2.24, 2.45) is 0 Å². The van der Waals surface area contributed by atoms with Crippen LogP contribution in [0.25, 0.3) is 17.0 Å². The van der Waals surface area contributed by atoms with Crippen molar-refractivity contribution >= 4 is 46.1 Å². The largest absolute Gasteiger partial charge is 0.482 e. The summed E-state index contributed by atoms with van der Waals surface area (Å²) < 4.78 is 5.51. The standard InChI is InChI=1S/C28H23ClN4O3/c29-24-15-19(10-11-26(24)36-18-27(34)33-22-6-2-1-3-7-22)14-21(16-30)28(35)31-13-12-20-17-32-25-9-5-4-8-23(20)25/h1-11,14-15,17,32H,12-13,18H2,(H,31,35)(H,33,34)/b21-14-. The van der Waals surface area contributed by atoms with Crippen LogP contribution in [0, 0.1) is 11.3 Å². The molecule has 0 bridgehead atoms. The van der Waals surface area contributed by atoms with Crippen LogP contribution in [-0.2, 0) is 16.0 Å². The van der Waals surface area contributed by atoms with Gasteiger partial charge in [0.2, 0.25) is 0 Å². The van der Waals surface area contributed by atoms with E-state index in [0.717, 1.165) is 16.5 Å². The number of nitrogens with one attached hydrogen (secondary N) is 3. The summed E-state index contributed by atoms with van der Waals surface area (Å²) in [6.45, 7) is 0.171. The number of para-hydroxylation sites is 2. The zero-order chi connectivity index (χ0) is 25.3. The number of ether oxygens (including phenoxy) is 1. The molecule has 180 valence electrons. The van der Waals surface area contributed by atoms with Crippen molar-refractivity contribution < 1.29 is 14.3 Å². The predicted molar refractivity (Wildman–Crippen MR) is 141 cm³/mol. The Morgan fingerprint density at radius 3 is 2.61 bits per heavy atom. The number of aromatic nitrogens is 1. The number of amides is 2. The van der Waals surface area contributed by atoms with Gasteiger partial charge in [-0.2, -0.15) is 5.26 Å². The molecule has 7 nitrogen and oxygen atoms in total. The van der Waals surface area contributed by atoms with Gasteiger partial charge in [-0.25, -0.2) is 0 Å². The summed E-state index contributed by atoms with van der Waals surface area (Å²) in [6, 6.07) is 23.7. The second kappa shape index (κ2) is 11.7. The number of H-pyrrole nitrogens is 1. The van der Waals surface area contributed by atoms with Crippen molar-refractivity contribution in [3.63, 3.8) is 0 Å². The van der Waals surface area contributed by atoms with Crippen LogP contribution in [0.2, 0.25) is 5.02 Å². The Labute approximate surface area is 213 Å². The number of carbonyl (C=O) groups is 2. The minimum Gasteiger partial charge on any atom is -0.482 e. The fourth-order valence-electron chi connectivity index (χ4n) is 3.65. The van der Waals surface area contributed by atoms with Crippen LogP contribution in [0.5, 0.6) is 5.75 Å². The monoisotopic (exact) mass is 498 g/mol. The Hall–Kier alpha value is -4.54. The number of aromatic amines is 1. The molecule has 0 saturated carbocycles. The van der Waals surface area contributed by atoms with E-state index in [4.69, 9.17) is 16.3 Å². The van der Waals surface area contributed by atoms with Gasteiger partial charge < -0.3 is 20.4 Å². The van der Waals surface area contributed by atoms with Gasteiger partial charge in [0.15, 0.2) is 6.61 Å². The van der Waals surface area contributed by atoms with Crippen molar-refractivity contribution in [2.45, 2.75) is 6.42 Å². The van der Waals surface area contributed by atoms with E-state index in [1.54, 1.807) is 30.3 Å². The van der Waals surface area contributed by atoms with Crippen LogP contribution in [0.4, 0.5) is 5.69 Å². The van der Waals surface area contributed by atoms with E-state index in [1.165, 1.54) is 6.08 Å². The topological polar surface area (TPSA) is 107 Å². The molecule has 2 amide bonds. The average molecular weight is 499 g/mol. The number of hydrogen-bond donors (Lipinski definition) is 3. The molecule has 0 saturated heterocycles. The SMILES string of the molecule is N#C/C(=C/c1ccc(OCC(=O)Nc2ccccc2)c(Cl)c1)C(=O)NCCc1c[nH]c2ccccc12. The normalized spacial score (nSPS) is 11.1. The molecule has 0 aliphatic rings. The first-order valence-electron chi connectivity index (χ1n) is 11.3. The van der Waals surface area contributed by atoms with Crippen LogP contribution < -0.4 is 15.4 Å². The van der Waals surface area contributed by atoms with Crippen molar-refractivity contribution in [3.8, 4) is 11.8 Å². The Balaban J connectivity index is 1.32. The zero-order valence-electron chi connectivity index (χ0n) is 19.3. The molecule has 36 heavy (non-hydrogen) atoms. The van der Waals surface area contributed by atoms with E-state index in [-0.39, 0.29) is 23.1 Å². The first-order valence-corrected chi connectivity index (χ1v) is 11.6. The predicted octanol–water partition coefficient (Wildman–Crippen LogP) is 5.10. The highest BCUT2D eigenvalue weighted by Crippen LogP contribution is 2.26. The van der Waals surface area contributed by atoms with Crippen molar-refractivity contribution in [2.75, 3.05) is 18.5 Å². The number of carbonyl (C=O) groups excluding carboxylic acids is 2. The zero-order valence-corrected chi connectivity index (χ0v) is 20.0. The highest BCUT2D eigenvalue weighted by Gasteiger charge is 2.11. The van der Waals surface area contributed by atoms with Crippen LogP contribution in [0.15, 0.2) is 84.6 Å². The first-order chi connectivity index (χ1) is 17.5. The lowest BCUT2D eigenvalue weighted by Gasteiger charge is -2.09. The third-order valence-corrected chi connectivity index (χ3v) is 5.70. The number of nitriles is 1. The summed E-state index contributed by atoms with van der Waals surface area (Å²) >= 11 is 6.30. The Kier molecular flexibility index (Phi) is 8.01. The lowest BCUT2D eigenvalue weighted by atomic mass is 10.1. The fraction of sp³-hybridized carbons (Fsp3) is 0.107. The lowest BCUT2D eigenvalue weighted by molar-refractivity contribution is -0.118. The smallest absolute Gasteiger partial charge is 0.262 e. The van der Waals surface area contributed by atoms with E-state index in [1.807, 2.05) is 54.7 Å². The highest BCUT2D eigenvalue weighted by atomic mass is 35.5. The molecule has 1 heterocycles. The van der Waals surface area contributed by atoms with Gasteiger partial charge >= 0.3 is 0 Å². The number of benzene rings is 3. The molecule has 0 aliphatic carbocycles. The highest BCUT2D eigenvalue weighted by molar-refractivity contribution is 6.32. The second-order valence-electron chi connectivity index (χ2n) is 7.93. The molecule has 3 N–H and O–H groups in total. The van der Waals surface area contributed by atoms with Gasteiger partial charge in [-0.3, -0.25) is 9.59 Å². The van der Waals surface area contributed by atoms with Crippen LogP contribution >= 0.6 is 11.6 Å². The minimum atomic E-state index is -0.466. The molecule has 0 unspecified atom stereocenters. The number of nitrogens with zero attached hydrogens (tertiary/aromatic N) is 1. The molecule has 3 aromatic carbocycles. The Bertz CT molecular complexity index is 1450. The maximum Gasteiger partial charge on any atom is 0.262 e. The summed E-state index contributed by atoms with van der Waals surface area (Å²) in [7, 11) is 0. The first kappa shape index (κ1) is 24.6. The van der Waals surface area contributed by atoms with E-state index >= 15 is 0 Å². The van der Waals surface area contributed by atoms with Crippen LogP contribution in [0.3, 0.4) is 0 Å². The number of hydrogen-bond acceptors (Lipinski definition) is 4. The second-order valence-corrected chi connectivity index (χ2v) is 8.34. The number of fused-ring (bicyclic) bond motifs is 1. The summed E-state index contributed by atoms with van der Waals surface area (Å²) in [6.07, 6.45) is 4.01. The molecular weight excluding hydrogens is 476 g/mol. The van der Waals surface area contributed by atoms with Gasteiger partial charge in [0.1, 0.15) is 17.4 Å².